The first-order valence-corrected chi connectivity index (χ1v) is 10.8. The molecular weight excluding hydrogens is 446 g/mol. The Hall–Kier alpha value is -4.79. The summed E-state index contributed by atoms with van der Waals surface area (Å²) in [4.78, 5) is 23.1. The second-order valence-corrected chi connectivity index (χ2v) is 7.98. The van der Waals surface area contributed by atoms with Crippen LogP contribution in [0.3, 0.4) is 0 Å². The van der Waals surface area contributed by atoms with Gasteiger partial charge in [-0.2, -0.15) is 10.2 Å². The van der Waals surface area contributed by atoms with Gasteiger partial charge in [0.1, 0.15) is 0 Å². The van der Waals surface area contributed by atoms with Gasteiger partial charge in [0.2, 0.25) is 12.7 Å². The van der Waals surface area contributed by atoms with E-state index in [0.717, 1.165) is 27.5 Å². The molecule has 1 amide bonds. The maximum Gasteiger partial charge on any atom is 0.288 e. The van der Waals surface area contributed by atoms with E-state index in [1.54, 1.807) is 13.2 Å². The third-order valence-corrected chi connectivity index (χ3v) is 5.62. The number of nitrogen functional groups attached to an aromatic ring is 1. The Balaban J connectivity index is 0.000000178. The number of aromatic nitrogens is 2. The fourth-order valence-electron chi connectivity index (χ4n) is 3.81. The normalized spacial score (nSPS) is 13.9. The third-order valence-electron chi connectivity index (χ3n) is 5.62. The van der Waals surface area contributed by atoms with Crippen molar-refractivity contribution in [3.8, 4) is 11.5 Å². The van der Waals surface area contributed by atoms with Crippen LogP contribution in [-0.2, 0) is 11.2 Å². The molecule has 6 rings (SSSR count). The number of anilines is 1. The van der Waals surface area contributed by atoms with Crippen molar-refractivity contribution < 1.29 is 14.3 Å². The van der Waals surface area contributed by atoms with Crippen LogP contribution in [0.15, 0.2) is 82.8 Å². The van der Waals surface area contributed by atoms with Crippen LogP contribution in [-0.4, -0.2) is 40.7 Å². The van der Waals surface area contributed by atoms with Crippen LogP contribution in [0.1, 0.15) is 16.7 Å². The number of fused-ring (bicyclic) bond motifs is 3. The van der Waals surface area contributed by atoms with Crippen molar-refractivity contribution in [3.05, 3.63) is 100.0 Å². The van der Waals surface area contributed by atoms with E-state index in [0.29, 0.717) is 22.9 Å². The van der Waals surface area contributed by atoms with Crippen LogP contribution < -0.4 is 20.8 Å². The first kappa shape index (κ1) is 22.0. The smallest absolute Gasteiger partial charge is 0.288 e. The van der Waals surface area contributed by atoms with Crippen molar-refractivity contribution in [1.82, 2.24) is 15.2 Å². The Morgan fingerprint density at radius 3 is 2.40 bits per heavy atom. The van der Waals surface area contributed by atoms with E-state index in [2.05, 4.69) is 15.3 Å². The summed E-state index contributed by atoms with van der Waals surface area (Å²) in [6, 6.07) is 20.2. The number of amides is 1. The predicted molar refractivity (Wildman–Crippen MR) is 131 cm³/mol. The van der Waals surface area contributed by atoms with E-state index < -0.39 is 0 Å². The minimum absolute atomic E-state index is 0.0736. The molecule has 0 atom stereocenters. The van der Waals surface area contributed by atoms with Crippen molar-refractivity contribution in [2.24, 2.45) is 5.10 Å². The lowest BCUT2D eigenvalue weighted by molar-refractivity contribution is -0.129. The van der Waals surface area contributed by atoms with Gasteiger partial charge in [-0.3, -0.25) is 9.59 Å². The molecule has 0 bridgehead atoms. The average Bonchev–Trinajstić information content (AvgIpc) is 3.17. The lowest BCUT2D eigenvalue weighted by Gasteiger charge is -2.11. The van der Waals surface area contributed by atoms with E-state index in [-0.39, 0.29) is 24.7 Å². The Labute approximate surface area is 200 Å². The van der Waals surface area contributed by atoms with Gasteiger partial charge in [-0.1, -0.05) is 36.4 Å². The molecule has 2 aliphatic heterocycles. The van der Waals surface area contributed by atoms with Crippen LogP contribution in [0, 0.1) is 0 Å². The SMILES string of the molecule is CN1N=C(c2ccc(N)cc2)c2cc3c(cc2CC1=O)OCO3.O=c1cc2ccccc2cnn1. The molecule has 0 radical (unpaired) electrons. The second-order valence-electron chi connectivity index (χ2n) is 7.98. The van der Waals surface area contributed by atoms with E-state index in [4.69, 9.17) is 15.2 Å². The highest BCUT2D eigenvalue weighted by atomic mass is 16.7. The fraction of sp³-hybridized carbons (Fsp3) is 0.115. The monoisotopic (exact) mass is 467 g/mol. The third kappa shape index (κ3) is 4.65. The van der Waals surface area contributed by atoms with E-state index in [1.165, 1.54) is 11.1 Å². The summed E-state index contributed by atoms with van der Waals surface area (Å²) in [5.74, 6) is 1.26. The highest BCUT2D eigenvalue weighted by Crippen LogP contribution is 2.37. The summed E-state index contributed by atoms with van der Waals surface area (Å²) in [6.07, 6.45) is 1.85. The van der Waals surface area contributed by atoms with Crippen molar-refractivity contribution in [3.63, 3.8) is 0 Å². The highest BCUT2D eigenvalue weighted by molar-refractivity contribution is 6.15. The number of hydrogen-bond donors (Lipinski definition) is 1. The largest absolute Gasteiger partial charge is 0.454 e. The standard InChI is InChI=1S/C17H15N3O3.C9H6N2O/c1-20-16(21)7-11-6-14-15(23-9-22-14)8-13(11)17(19-20)10-2-4-12(18)5-3-10;12-9-5-7-3-1-2-4-8(7)6-10-11-9/h2-6,8H,7,9,18H2,1H3;1-6H. The van der Waals surface area contributed by atoms with Crippen LogP contribution in [0.2, 0.25) is 0 Å². The van der Waals surface area contributed by atoms with Crippen molar-refractivity contribution >= 4 is 28.1 Å². The molecule has 0 fully saturated rings. The van der Waals surface area contributed by atoms with Crippen LogP contribution in [0.4, 0.5) is 5.69 Å². The number of carbonyl (C=O) groups is 1. The zero-order valence-electron chi connectivity index (χ0n) is 18.8. The summed E-state index contributed by atoms with van der Waals surface area (Å²) in [5.41, 5.74) is 9.48. The fourth-order valence-corrected chi connectivity index (χ4v) is 3.81. The van der Waals surface area contributed by atoms with Gasteiger partial charge in [0, 0.05) is 35.3 Å². The molecule has 4 aromatic rings. The van der Waals surface area contributed by atoms with Crippen molar-refractivity contribution in [2.75, 3.05) is 19.6 Å². The summed E-state index contributed by atoms with van der Waals surface area (Å²) < 4.78 is 10.9. The van der Waals surface area contributed by atoms with Gasteiger partial charge >= 0.3 is 0 Å². The quantitative estimate of drug-likeness (QED) is 0.428. The van der Waals surface area contributed by atoms with Crippen LogP contribution in [0.25, 0.3) is 10.8 Å². The van der Waals surface area contributed by atoms with Gasteiger partial charge < -0.3 is 15.2 Å². The lowest BCUT2D eigenvalue weighted by Crippen LogP contribution is -2.22. The van der Waals surface area contributed by atoms with Crippen LogP contribution >= 0.6 is 0 Å². The molecule has 1 aromatic heterocycles. The molecule has 0 saturated carbocycles. The number of nitrogens with zero attached hydrogens (tertiary/aromatic N) is 4. The molecule has 35 heavy (non-hydrogen) atoms. The van der Waals surface area contributed by atoms with Crippen LogP contribution in [0.5, 0.6) is 11.5 Å². The molecule has 0 spiro atoms. The van der Waals surface area contributed by atoms with Gasteiger partial charge in [0.05, 0.1) is 18.3 Å². The molecule has 9 nitrogen and oxygen atoms in total. The number of rotatable bonds is 1. The molecule has 3 heterocycles. The first-order chi connectivity index (χ1) is 17.0. The molecular formula is C26H21N5O4. The van der Waals surface area contributed by atoms with Gasteiger partial charge in [-0.15, -0.1) is 5.10 Å². The lowest BCUT2D eigenvalue weighted by atomic mass is 9.95. The zero-order valence-corrected chi connectivity index (χ0v) is 18.8. The second kappa shape index (κ2) is 9.22. The molecule has 0 unspecified atom stereocenters. The predicted octanol–water partition coefficient (Wildman–Crippen LogP) is 2.75. The summed E-state index contributed by atoms with van der Waals surface area (Å²) in [7, 11) is 1.66. The Kier molecular flexibility index (Phi) is 5.80. The maximum atomic E-state index is 12.2. The number of ether oxygens (including phenoxy) is 2. The maximum absolute atomic E-state index is 12.2. The number of benzene rings is 3. The summed E-state index contributed by atoms with van der Waals surface area (Å²) >= 11 is 0. The van der Waals surface area contributed by atoms with E-state index in [1.807, 2.05) is 60.7 Å². The van der Waals surface area contributed by atoms with Gasteiger partial charge in [-0.05, 0) is 35.2 Å². The molecule has 3 aromatic carbocycles. The van der Waals surface area contributed by atoms with E-state index >= 15 is 0 Å². The number of hydrazone groups is 1. The summed E-state index contributed by atoms with van der Waals surface area (Å²) in [5, 5.41) is 14.7. The van der Waals surface area contributed by atoms with Gasteiger partial charge in [0.25, 0.3) is 5.56 Å². The number of carbonyl (C=O) groups excluding carboxylic acids is 1. The minimum atomic E-state index is -0.309. The molecule has 0 saturated heterocycles. The summed E-state index contributed by atoms with van der Waals surface area (Å²) in [6.45, 7) is 0.195. The molecule has 2 aliphatic rings. The Morgan fingerprint density at radius 1 is 0.914 bits per heavy atom. The first-order valence-electron chi connectivity index (χ1n) is 10.8. The molecule has 174 valence electrons. The number of likely N-dealkylation sites (N-methyl/N-ethyl adjacent to an activating group) is 1. The van der Waals surface area contributed by atoms with Crippen molar-refractivity contribution in [2.45, 2.75) is 6.42 Å². The van der Waals surface area contributed by atoms with Gasteiger partial charge in [0.15, 0.2) is 11.5 Å². The topological polar surface area (TPSA) is 120 Å². The minimum Gasteiger partial charge on any atom is -0.454 e. The molecule has 2 N–H and O–H groups in total. The number of hydrogen-bond acceptors (Lipinski definition) is 8. The average molecular weight is 467 g/mol. The molecule has 0 aliphatic carbocycles. The molecule has 9 heteroatoms. The van der Waals surface area contributed by atoms with Crippen molar-refractivity contribution in [1.29, 1.82) is 0 Å². The number of nitrogens with two attached hydrogens (primary N) is 1. The Bertz CT molecular complexity index is 1520. The highest BCUT2D eigenvalue weighted by Gasteiger charge is 2.26. The van der Waals surface area contributed by atoms with Gasteiger partial charge in [-0.25, -0.2) is 5.01 Å². The van der Waals surface area contributed by atoms with E-state index in [9.17, 15) is 9.59 Å². The zero-order chi connectivity index (χ0) is 24.4. The Morgan fingerprint density at radius 2 is 1.63 bits per heavy atom.